The monoisotopic (exact) mass is 507 g/mol. The number of benzene rings is 2. The number of rotatable bonds is 4. The van der Waals surface area contributed by atoms with Gasteiger partial charge < -0.3 is 29.6 Å². The molecule has 0 saturated carbocycles. The quantitative estimate of drug-likeness (QED) is 0.544. The maximum Gasteiger partial charge on any atom is 0.415 e. The molecule has 2 aromatic carbocycles. The van der Waals surface area contributed by atoms with E-state index in [1.807, 2.05) is 18.2 Å². The average molecular weight is 508 g/mol. The first-order valence-corrected chi connectivity index (χ1v) is 11.5. The minimum absolute atomic E-state index is 0.0603. The fourth-order valence-corrected chi connectivity index (χ4v) is 4.54. The third-order valence-corrected chi connectivity index (χ3v) is 6.40. The lowest BCUT2D eigenvalue weighted by Crippen LogP contribution is -2.42. The van der Waals surface area contributed by atoms with E-state index < -0.39 is 12.0 Å². The normalized spacial score (nSPS) is 17.1. The molecule has 3 N–H and O–H groups in total. The summed E-state index contributed by atoms with van der Waals surface area (Å²) in [4.78, 5) is 14.4. The summed E-state index contributed by atoms with van der Waals surface area (Å²) >= 11 is 6.47. The van der Waals surface area contributed by atoms with Gasteiger partial charge in [0.05, 0.1) is 37.5 Å². The molecule has 3 heterocycles. The van der Waals surface area contributed by atoms with E-state index in [-0.39, 0.29) is 23.1 Å². The number of H-pyrrole nitrogens is 1. The number of nitrogens with zero attached hydrogens (tertiary/aromatic N) is 3. The first-order chi connectivity index (χ1) is 17.5. The molecule has 1 aromatic heterocycles. The Morgan fingerprint density at radius 1 is 1.25 bits per heavy atom. The Labute approximate surface area is 211 Å². The highest BCUT2D eigenvalue weighted by atomic mass is 35.5. The van der Waals surface area contributed by atoms with E-state index in [2.05, 4.69) is 16.3 Å². The van der Waals surface area contributed by atoms with Crippen LogP contribution in [0, 0.1) is 11.3 Å². The van der Waals surface area contributed by atoms with Crippen molar-refractivity contribution in [3.63, 3.8) is 0 Å². The third kappa shape index (κ3) is 4.19. The summed E-state index contributed by atoms with van der Waals surface area (Å²) in [5, 5.41) is 17.8. The molecule has 10 nitrogen and oxygen atoms in total. The van der Waals surface area contributed by atoms with Crippen molar-refractivity contribution in [3.05, 3.63) is 70.1 Å². The van der Waals surface area contributed by atoms with Gasteiger partial charge in [-0.3, -0.25) is 5.10 Å². The summed E-state index contributed by atoms with van der Waals surface area (Å²) in [6.45, 7) is 1.74. The summed E-state index contributed by atoms with van der Waals surface area (Å²) in [6.07, 6.45) is -0.517. The van der Waals surface area contributed by atoms with Gasteiger partial charge in [0.2, 0.25) is 11.8 Å². The highest BCUT2D eigenvalue weighted by Crippen LogP contribution is 2.47. The zero-order chi connectivity index (χ0) is 25.2. The predicted octanol–water partition coefficient (Wildman–Crippen LogP) is 3.79. The van der Waals surface area contributed by atoms with E-state index in [1.165, 1.54) is 7.11 Å². The standard InChI is InChI=1S/C25H22ClN5O5/c1-33-18-7-6-14(12-19(18)35-25(32)31-8-10-34-11-9-31)20-16(13-27)23(28)36-24-21(20)22(29-30-24)15-4-2-3-5-17(15)26/h2-7,12,20H,8-11,28H2,1H3,(H,29,30)/t20-/m0/s1. The van der Waals surface area contributed by atoms with Crippen molar-refractivity contribution in [2.45, 2.75) is 5.92 Å². The molecule has 2 aliphatic heterocycles. The molecule has 1 atom stereocenters. The molecule has 1 amide bonds. The molecule has 0 unspecified atom stereocenters. The lowest BCUT2D eigenvalue weighted by atomic mass is 9.83. The number of carbonyl (C=O) groups is 1. The number of amides is 1. The number of allylic oxidation sites excluding steroid dienone is 1. The number of fused-ring (bicyclic) bond motifs is 1. The molecule has 1 saturated heterocycles. The van der Waals surface area contributed by atoms with Crippen molar-refractivity contribution in [1.29, 1.82) is 5.26 Å². The average Bonchev–Trinajstić information content (AvgIpc) is 3.31. The van der Waals surface area contributed by atoms with E-state index in [0.717, 1.165) is 0 Å². The number of nitrogens with one attached hydrogen (secondary N) is 1. The van der Waals surface area contributed by atoms with Crippen LogP contribution < -0.4 is 19.9 Å². The highest BCUT2D eigenvalue weighted by molar-refractivity contribution is 6.33. The van der Waals surface area contributed by atoms with Crippen molar-refractivity contribution in [2.24, 2.45) is 5.73 Å². The molecule has 0 bridgehead atoms. The Hall–Kier alpha value is -4.20. The van der Waals surface area contributed by atoms with E-state index in [4.69, 9.17) is 36.3 Å². The second-order valence-corrected chi connectivity index (χ2v) is 8.51. The van der Waals surface area contributed by atoms with Crippen molar-refractivity contribution < 1.29 is 23.7 Å². The van der Waals surface area contributed by atoms with Gasteiger partial charge in [0.25, 0.3) is 0 Å². The second kappa shape index (κ2) is 9.81. The molecule has 5 rings (SSSR count). The van der Waals surface area contributed by atoms with Crippen molar-refractivity contribution in [1.82, 2.24) is 15.1 Å². The Kier molecular flexibility index (Phi) is 6.41. The van der Waals surface area contributed by atoms with Crippen LogP contribution in [0.5, 0.6) is 17.4 Å². The van der Waals surface area contributed by atoms with Gasteiger partial charge in [-0.25, -0.2) is 4.79 Å². The van der Waals surface area contributed by atoms with Gasteiger partial charge in [0.1, 0.15) is 11.6 Å². The number of hydrogen-bond acceptors (Lipinski definition) is 8. The van der Waals surface area contributed by atoms with Crippen molar-refractivity contribution in [2.75, 3.05) is 33.4 Å². The molecule has 184 valence electrons. The van der Waals surface area contributed by atoms with E-state index in [0.29, 0.717) is 59.5 Å². The topological polar surface area (TPSA) is 136 Å². The number of nitriles is 1. The van der Waals surface area contributed by atoms with Crippen LogP contribution >= 0.6 is 11.6 Å². The van der Waals surface area contributed by atoms with Crippen LogP contribution in [0.25, 0.3) is 11.3 Å². The van der Waals surface area contributed by atoms with Crippen molar-refractivity contribution >= 4 is 17.7 Å². The van der Waals surface area contributed by atoms with Gasteiger partial charge in [-0.15, -0.1) is 5.10 Å². The van der Waals surface area contributed by atoms with E-state index in [1.54, 1.807) is 29.2 Å². The van der Waals surface area contributed by atoms with Gasteiger partial charge in [0.15, 0.2) is 11.5 Å². The van der Waals surface area contributed by atoms with E-state index in [9.17, 15) is 10.1 Å². The largest absolute Gasteiger partial charge is 0.493 e. The minimum atomic E-state index is -0.671. The number of hydrogen-bond donors (Lipinski definition) is 2. The van der Waals surface area contributed by atoms with Crippen LogP contribution in [0.15, 0.2) is 53.9 Å². The molecule has 1 fully saturated rings. The lowest BCUT2D eigenvalue weighted by molar-refractivity contribution is 0.0413. The minimum Gasteiger partial charge on any atom is -0.493 e. The summed E-state index contributed by atoms with van der Waals surface area (Å²) in [7, 11) is 1.48. The molecule has 11 heteroatoms. The number of aromatic amines is 1. The molecule has 0 spiro atoms. The molecular formula is C25H22ClN5O5. The Morgan fingerprint density at radius 3 is 2.75 bits per heavy atom. The summed E-state index contributed by atoms with van der Waals surface area (Å²) in [5.41, 5.74) is 8.78. The summed E-state index contributed by atoms with van der Waals surface area (Å²) in [5.74, 6) is 0.0688. The van der Waals surface area contributed by atoms with Gasteiger partial charge in [-0.05, 0) is 23.8 Å². The zero-order valence-corrected chi connectivity index (χ0v) is 20.0. The Morgan fingerprint density at radius 2 is 2.03 bits per heavy atom. The smallest absolute Gasteiger partial charge is 0.415 e. The maximum atomic E-state index is 12.8. The van der Waals surface area contributed by atoms with E-state index >= 15 is 0 Å². The van der Waals surface area contributed by atoms with Crippen LogP contribution in [0.4, 0.5) is 4.79 Å². The van der Waals surface area contributed by atoms with Gasteiger partial charge in [-0.1, -0.05) is 35.9 Å². The molecule has 2 aliphatic rings. The molecule has 0 radical (unpaired) electrons. The second-order valence-electron chi connectivity index (χ2n) is 8.10. The first-order valence-electron chi connectivity index (χ1n) is 11.1. The summed E-state index contributed by atoms with van der Waals surface area (Å²) in [6, 6.07) is 14.5. The third-order valence-electron chi connectivity index (χ3n) is 6.07. The highest BCUT2D eigenvalue weighted by Gasteiger charge is 2.36. The van der Waals surface area contributed by atoms with Crippen LogP contribution in [-0.4, -0.2) is 54.6 Å². The number of halogens is 1. The number of aromatic nitrogens is 2. The number of methoxy groups -OCH3 is 1. The zero-order valence-electron chi connectivity index (χ0n) is 19.3. The van der Waals surface area contributed by atoms with Crippen LogP contribution in [-0.2, 0) is 4.74 Å². The number of morpholine rings is 1. The molecule has 36 heavy (non-hydrogen) atoms. The lowest BCUT2D eigenvalue weighted by Gasteiger charge is -2.27. The van der Waals surface area contributed by atoms with Crippen molar-refractivity contribution in [3.8, 4) is 34.7 Å². The van der Waals surface area contributed by atoms with Gasteiger partial charge in [-0.2, -0.15) is 5.26 Å². The van der Waals surface area contributed by atoms with Crippen LogP contribution in [0.3, 0.4) is 0 Å². The van der Waals surface area contributed by atoms with Crippen LogP contribution in [0.1, 0.15) is 17.0 Å². The SMILES string of the molecule is COc1ccc([C@H]2C(C#N)=C(N)Oc3n[nH]c(-c4ccccc4Cl)c32)cc1OC(=O)N1CCOCC1. The Bertz CT molecular complexity index is 1390. The summed E-state index contributed by atoms with van der Waals surface area (Å²) < 4.78 is 22.1. The fourth-order valence-electron chi connectivity index (χ4n) is 4.30. The van der Waals surface area contributed by atoms with Gasteiger partial charge >= 0.3 is 6.09 Å². The predicted molar refractivity (Wildman–Crippen MR) is 130 cm³/mol. The maximum absolute atomic E-state index is 12.8. The Balaban J connectivity index is 1.60. The number of nitrogens with two attached hydrogens (primary N) is 1. The molecule has 0 aliphatic carbocycles. The fraction of sp³-hybridized carbons (Fsp3) is 0.240. The number of ether oxygens (including phenoxy) is 4. The molecule has 3 aromatic rings. The van der Waals surface area contributed by atoms with Gasteiger partial charge in [0, 0.05) is 23.7 Å². The number of carbonyl (C=O) groups excluding carboxylic acids is 1. The molecular weight excluding hydrogens is 486 g/mol. The van der Waals surface area contributed by atoms with Crippen LogP contribution in [0.2, 0.25) is 5.02 Å². The first kappa shape index (κ1) is 23.5.